The van der Waals surface area contributed by atoms with E-state index in [4.69, 9.17) is 14.6 Å². The molecule has 0 aromatic heterocycles. The van der Waals surface area contributed by atoms with Crippen LogP contribution in [0.5, 0.6) is 0 Å². The highest BCUT2D eigenvalue weighted by molar-refractivity contribution is 5.91. The average Bonchev–Trinajstić information content (AvgIpc) is 3.49. The second-order valence-electron chi connectivity index (χ2n) is 9.66. The quantitative estimate of drug-likeness (QED) is 0.291. The number of alkyl halides is 3. The molecule has 228 valence electrons. The number of halogens is 3. The van der Waals surface area contributed by atoms with E-state index in [1.54, 1.807) is 7.05 Å². The van der Waals surface area contributed by atoms with Gasteiger partial charge in [-0.05, 0) is 41.3 Å². The van der Waals surface area contributed by atoms with Crippen LogP contribution in [0.3, 0.4) is 0 Å². The van der Waals surface area contributed by atoms with Gasteiger partial charge in [-0.1, -0.05) is 73.5 Å². The van der Waals surface area contributed by atoms with Crippen LogP contribution in [0.2, 0.25) is 0 Å². The number of carboxylic acid groups (broad SMARTS) is 1. The number of unbranched alkanes of at least 4 members (excludes halogenated alkanes) is 2. The van der Waals surface area contributed by atoms with Crippen molar-refractivity contribution in [2.75, 3.05) is 7.05 Å². The van der Waals surface area contributed by atoms with Crippen LogP contribution in [0, 0.1) is 0 Å². The monoisotopic (exact) mass is 598 g/mol. The molecule has 3 aromatic carbocycles. The van der Waals surface area contributed by atoms with Crippen LogP contribution in [-0.4, -0.2) is 43.1 Å². The molecule has 4 N–H and O–H groups in total. The lowest BCUT2D eigenvalue weighted by Crippen LogP contribution is -2.87. The fourth-order valence-corrected chi connectivity index (χ4v) is 4.23. The molecule has 1 heterocycles. The Hall–Kier alpha value is -4.71. The predicted molar refractivity (Wildman–Crippen MR) is 153 cm³/mol. The summed E-state index contributed by atoms with van der Waals surface area (Å²) in [5.74, 6) is -2.15. The molecule has 3 aromatic rings. The second kappa shape index (κ2) is 16.1. The molecule has 12 heteroatoms. The number of nitrogens with zero attached hydrogens (tertiary/aromatic N) is 1. The number of aliphatic carboxylic acids is 1. The molecule has 0 saturated carbocycles. The Morgan fingerprint density at radius 3 is 2.30 bits per heavy atom. The van der Waals surface area contributed by atoms with Crippen LogP contribution in [0.4, 0.5) is 18.0 Å². The number of aliphatic imine (C=N–C) groups is 1. The Kier molecular flexibility index (Phi) is 12.3. The third-order valence-corrected chi connectivity index (χ3v) is 6.51. The largest absolute Gasteiger partial charge is 0.542 e. The smallest absolute Gasteiger partial charge is 0.430 e. The van der Waals surface area contributed by atoms with Crippen LogP contribution >= 0.6 is 0 Å². The van der Waals surface area contributed by atoms with Gasteiger partial charge in [0.05, 0.1) is 6.20 Å². The number of amides is 2. The first-order valence-corrected chi connectivity index (χ1v) is 13.6. The summed E-state index contributed by atoms with van der Waals surface area (Å²) < 4.78 is 37.0. The van der Waals surface area contributed by atoms with Crippen molar-refractivity contribution in [3.8, 4) is 0 Å². The number of ether oxygens (including phenoxy) is 1. The summed E-state index contributed by atoms with van der Waals surface area (Å²) in [6, 6.07) is 24.0. The number of rotatable bonds is 11. The first kappa shape index (κ1) is 32.8. The minimum Gasteiger partial charge on any atom is -0.542 e. The first-order valence-electron chi connectivity index (χ1n) is 13.6. The Morgan fingerprint density at radius 2 is 1.63 bits per heavy atom. The van der Waals surface area contributed by atoms with E-state index in [0.717, 1.165) is 41.9 Å². The van der Waals surface area contributed by atoms with Gasteiger partial charge in [-0.3, -0.25) is 10.1 Å². The number of amidine groups is 1. The van der Waals surface area contributed by atoms with Crippen molar-refractivity contribution >= 4 is 40.3 Å². The molecule has 0 spiro atoms. The van der Waals surface area contributed by atoms with Crippen molar-refractivity contribution in [3.05, 3.63) is 90.1 Å². The first-order chi connectivity index (χ1) is 20.6. The van der Waals surface area contributed by atoms with Crippen molar-refractivity contribution in [2.24, 2.45) is 4.99 Å². The second-order valence-corrected chi connectivity index (χ2v) is 9.66. The maximum Gasteiger partial charge on any atom is 0.430 e. The van der Waals surface area contributed by atoms with E-state index in [9.17, 15) is 22.8 Å². The zero-order valence-electron chi connectivity index (χ0n) is 23.5. The summed E-state index contributed by atoms with van der Waals surface area (Å²) in [5, 5.41) is 18.8. The lowest BCUT2D eigenvalue weighted by molar-refractivity contribution is -0.434. The minimum atomic E-state index is -5.19. The number of fused-ring (bicyclic) bond motifs is 1. The molecular formula is C31H33F3N4O5. The van der Waals surface area contributed by atoms with Crippen LogP contribution in [0.25, 0.3) is 16.5 Å². The van der Waals surface area contributed by atoms with Crippen molar-refractivity contribution in [3.63, 3.8) is 0 Å². The van der Waals surface area contributed by atoms with E-state index in [2.05, 4.69) is 46.0 Å². The molecule has 1 aliphatic rings. The molecule has 0 fully saturated rings. The Labute approximate surface area is 246 Å². The van der Waals surface area contributed by atoms with Crippen LogP contribution in [-0.2, 0) is 20.9 Å². The Bertz CT molecular complexity index is 1460. The van der Waals surface area contributed by atoms with E-state index in [0.29, 0.717) is 12.8 Å². The summed E-state index contributed by atoms with van der Waals surface area (Å²) in [4.78, 5) is 37.6. The number of carboxylic acids is 1. The lowest BCUT2D eigenvalue weighted by atomic mass is 10.0. The summed E-state index contributed by atoms with van der Waals surface area (Å²) >= 11 is 0. The van der Waals surface area contributed by atoms with Gasteiger partial charge in [-0.25, -0.2) is 9.79 Å². The number of carbonyl (C=O) groups is 3. The zero-order valence-corrected chi connectivity index (χ0v) is 23.5. The van der Waals surface area contributed by atoms with Crippen LogP contribution in [0.15, 0.2) is 84.0 Å². The number of quaternary nitrogens is 1. The molecule has 2 amide bonds. The van der Waals surface area contributed by atoms with Gasteiger partial charge in [0.15, 0.2) is 5.70 Å². The number of carbonyl (C=O) groups excluding carboxylic acids is 3. The number of hydrogen-bond donors (Lipinski definition) is 3. The highest BCUT2D eigenvalue weighted by atomic mass is 19.4. The maximum absolute atomic E-state index is 12.6. The van der Waals surface area contributed by atoms with Gasteiger partial charge in [-0.15, -0.1) is 0 Å². The van der Waals surface area contributed by atoms with Crippen molar-refractivity contribution < 1.29 is 42.7 Å². The molecule has 1 aliphatic heterocycles. The van der Waals surface area contributed by atoms with Crippen molar-refractivity contribution in [1.29, 1.82) is 0 Å². The summed E-state index contributed by atoms with van der Waals surface area (Å²) in [7, 11) is 1.65. The highest BCUT2D eigenvalue weighted by Crippen LogP contribution is 2.20. The van der Waals surface area contributed by atoms with Gasteiger partial charge >= 0.3 is 12.3 Å². The van der Waals surface area contributed by atoms with Gasteiger partial charge < -0.3 is 25.3 Å². The Balaban J connectivity index is 0.000000646. The molecule has 9 nitrogen and oxygen atoms in total. The molecular weight excluding hydrogens is 565 g/mol. The number of nitrogens with one attached hydrogen (secondary N) is 2. The van der Waals surface area contributed by atoms with E-state index in [-0.39, 0.29) is 18.6 Å². The van der Waals surface area contributed by atoms with Gasteiger partial charge in [0.25, 0.3) is 0 Å². The number of benzene rings is 3. The van der Waals surface area contributed by atoms with E-state index in [1.165, 1.54) is 10.8 Å². The van der Waals surface area contributed by atoms with Gasteiger partial charge in [0, 0.05) is 19.0 Å². The topological polar surface area (TPSA) is 137 Å². The van der Waals surface area contributed by atoms with E-state index >= 15 is 0 Å². The summed E-state index contributed by atoms with van der Waals surface area (Å²) in [6.07, 6.45) is -0.0285. The standard InChI is InChI=1S/C29H32N4O3.C2HF3O2/c1-30-27(34)15-7-3-6-14-25(33-29(35)36-20-21-10-4-2-5-11-21)28-31-19-26(32-28)24-17-16-22-12-8-9-13-23(22)18-24;3-2(4,5)1(6)7/h2,4-5,8-13,16-19,25H,3,6-7,14-15,20H2,1H3,(H,30,34)(H,31,32)(H,33,35);(H,6,7)/t25-;/m0./s1. The van der Waals surface area contributed by atoms with E-state index in [1.807, 2.05) is 54.0 Å². The third kappa shape index (κ3) is 10.9. The number of alkyl carbamates (subject to hydrolysis) is 1. The van der Waals surface area contributed by atoms with E-state index < -0.39 is 18.2 Å². The normalized spacial score (nSPS) is 13.2. The van der Waals surface area contributed by atoms with Crippen LogP contribution < -0.4 is 21.1 Å². The van der Waals surface area contributed by atoms with Gasteiger partial charge in [0.1, 0.15) is 18.6 Å². The summed E-state index contributed by atoms with van der Waals surface area (Å²) in [6.45, 7) is 0.211. The SMILES string of the molecule is CNC(=O)CCCCC[C@H](NC(=O)OCc1ccccc1)C1=NC=C(c2ccc3ccccc3c2)[NH2+]1.O=C([O-])C(F)(F)F. The maximum atomic E-state index is 12.6. The Morgan fingerprint density at radius 1 is 0.953 bits per heavy atom. The van der Waals surface area contributed by atoms with Crippen molar-refractivity contribution in [2.45, 2.75) is 50.9 Å². The number of hydrogen-bond acceptors (Lipinski definition) is 6. The summed E-state index contributed by atoms with van der Waals surface area (Å²) in [5.41, 5.74) is 3.03. The minimum absolute atomic E-state index is 0.0480. The van der Waals surface area contributed by atoms with Gasteiger partial charge in [0.2, 0.25) is 11.7 Å². The zero-order chi connectivity index (χ0) is 31.2. The molecule has 0 unspecified atom stereocenters. The highest BCUT2D eigenvalue weighted by Gasteiger charge is 2.29. The molecule has 4 rings (SSSR count). The third-order valence-electron chi connectivity index (χ3n) is 6.51. The lowest BCUT2D eigenvalue weighted by Gasteiger charge is -2.17. The molecule has 0 saturated heterocycles. The fourth-order valence-electron chi connectivity index (χ4n) is 4.23. The fraction of sp³-hybridized carbons (Fsp3) is 0.290. The average molecular weight is 599 g/mol. The predicted octanol–water partition coefficient (Wildman–Crippen LogP) is 3.40. The van der Waals surface area contributed by atoms with Crippen LogP contribution in [0.1, 0.15) is 43.2 Å². The van der Waals surface area contributed by atoms with Gasteiger partial charge in [-0.2, -0.15) is 13.2 Å². The molecule has 1 atom stereocenters. The molecule has 43 heavy (non-hydrogen) atoms. The molecule has 0 radical (unpaired) electrons. The molecule has 0 aliphatic carbocycles. The van der Waals surface area contributed by atoms with Crippen molar-refractivity contribution in [1.82, 2.24) is 10.6 Å². The molecule has 0 bridgehead atoms. The number of nitrogens with two attached hydrogens (primary N) is 1.